The SMILES string of the molecule is CN1C(=NCCC2CCCO2)NS(=O)(=O)c2ccccc21. The number of rotatable bonds is 3. The Labute approximate surface area is 124 Å². The van der Waals surface area contributed by atoms with Crippen molar-refractivity contribution in [3.8, 4) is 0 Å². The first kappa shape index (κ1) is 14.3. The van der Waals surface area contributed by atoms with Crippen LogP contribution < -0.4 is 9.62 Å². The minimum absolute atomic E-state index is 0.257. The first-order valence-corrected chi connectivity index (χ1v) is 8.58. The Morgan fingerprint density at radius 1 is 1.43 bits per heavy atom. The van der Waals surface area contributed by atoms with Crippen LogP contribution in [0.4, 0.5) is 5.69 Å². The van der Waals surface area contributed by atoms with Crippen LogP contribution in [0.1, 0.15) is 19.3 Å². The van der Waals surface area contributed by atoms with Crippen LogP contribution in [0.2, 0.25) is 0 Å². The zero-order chi connectivity index (χ0) is 14.9. The Balaban J connectivity index is 1.78. The van der Waals surface area contributed by atoms with Crippen molar-refractivity contribution < 1.29 is 13.2 Å². The zero-order valence-electron chi connectivity index (χ0n) is 11.9. The van der Waals surface area contributed by atoms with Crippen molar-refractivity contribution in [1.82, 2.24) is 4.72 Å². The van der Waals surface area contributed by atoms with Gasteiger partial charge in [-0.3, -0.25) is 4.99 Å². The topological polar surface area (TPSA) is 71.0 Å². The Morgan fingerprint density at radius 3 is 3.00 bits per heavy atom. The van der Waals surface area contributed by atoms with E-state index in [2.05, 4.69) is 9.71 Å². The molecule has 1 atom stereocenters. The smallest absolute Gasteiger partial charge is 0.266 e. The summed E-state index contributed by atoms with van der Waals surface area (Å²) in [6.45, 7) is 1.37. The standard InChI is InChI=1S/C14H19N3O3S/c1-17-12-6-2-3-7-13(12)21(18,19)16-14(17)15-9-8-11-5-4-10-20-11/h2-3,6-7,11H,4-5,8-10H2,1H3,(H,15,16). The highest BCUT2D eigenvalue weighted by molar-refractivity contribution is 7.90. The first-order chi connectivity index (χ1) is 10.1. The molecular weight excluding hydrogens is 290 g/mol. The van der Waals surface area contributed by atoms with Crippen molar-refractivity contribution in [3.63, 3.8) is 0 Å². The molecule has 0 bridgehead atoms. The summed E-state index contributed by atoms with van der Waals surface area (Å²) in [5, 5.41) is 0. The van der Waals surface area contributed by atoms with E-state index in [1.165, 1.54) is 0 Å². The number of benzene rings is 1. The molecule has 0 aliphatic carbocycles. The van der Waals surface area contributed by atoms with Gasteiger partial charge in [0.15, 0.2) is 0 Å². The van der Waals surface area contributed by atoms with E-state index in [0.29, 0.717) is 18.2 Å². The minimum atomic E-state index is -3.53. The van der Waals surface area contributed by atoms with Crippen LogP contribution in [0.25, 0.3) is 0 Å². The fourth-order valence-corrected chi connectivity index (χ4v) is 3.93. The summed E-state index contributed by atoms with van der Waals surface area (Å²) in [7, 11) is -1.72. The molecule has 0 saturated carbocycles. The molecule has 7 heteroatoms. The Kier molecular flexibility index (Phi) is 3.86. The maximum atomic E-state index is 12.2. The van der Waals surface area contributed by atoms with E-state index < -0.39 is 10.0 Å². The number of guanidine groups is 1. The molecule has 2 aliphatic rings. The maximum absolute atomic E-state index is 12.2. The average Bonchev–Trinajstić information content (AvgIpc) is 2.97. The van der Waals surface area contributed by atoms with E-state index in [4.69, 9.17) is 4.74 Å². The molecule has 1 fully saturated rings. The fourth-order valence-electron chi connectivity index (χ4n) is 2.64. The van der Waals surface area contributed by atoms with Gasteiger partial charge >= 0.3 is 0 Å². The monoisotopic (exact) mass is 309 g/mol. The van der Waals surface area contributed by atoms with Gasteiger partial charge in [0.1, 0.15) is 4.90 Å². The van der Waals surface area contributed by atoms with Crippen LogP contribution in [0.15, 0.2) is 34.2 Å². The zero-order valence-corrected chi connectivity index (χ0v) is 12.8. The van der Waals surface area contributed by atoms with Crippen molar-refractivity contribution in [2.24, 2.45) is 4.99 Å². The molecule has 2 heterocycles. The second-order valence-corrected chi connectivity index (χ2v) is 6.91. The molecule has 6 nitrogen and oxygen atoms in total. The number of fused-ring (bicyclic) bond motifs is 1. The molecule has 114 valence electrons. The van der Waals surface area contributed by atoms with E-state index >= 15 is 0 Å². The summed E-state index contributed by atoms with van der Waals surface area (Å²) < 4.78 is 32.5. The lowest BCUT2D eigenvalue weighted by Crippen LogP contribution is -2.47. The molecule has 1 saturated heterocycles. The Hall–Kier alpha value is -1.60. The lowest BCUT2D eigenvalue weighted by molar-refractivity contribution is 0.106. The van der Waals surface area contributed by atoms with Crippen LogP contribution in [0.5, 0.6) is 0 Å². The number of nitrogens with one attached hydrogen (secondary N) is 1. The molecule has 21 heavy (non-hydrogen) atoms. The van der Waals surface area contributed by atoms with E-state index in [1.807, 2.05) is 13.1 Å². The molecule has 0 spiro atoms. The summed E-state index contributed by atoms with van der Waals surface area (Å²) in [5.74, 6) is 0.367. The normalized spacial score (nSPS) is 25.7. The summed E-state index contributed by atoms with van der Waals surface area (Å²) in [4.78, 5) is 6.45. The summed E-state index contributed by atoms with van der Waals surface area (Å²) >= 11 is 0. The maximum Gasteiger partial charge on any atom is 0.266 e. The number of aliphatic imine (C=N–C) groups is 1. The van der Waals surface area contributed by atoms with Crippen molar-refractivity contribution in [2.45, 2.75) is 30.3 Å². The number of anilines is 1. The van der Waals surface area contributed by atoms with E-state index in [-0.39, 0.29) is 11.0 Å². The predicted octanol–water partition coefficient (Wildman–Crippen LogP) is 1.34. The van der Waals surface area contributed by atoms with Gasteiger partial charge in [-0.15, -0.1) is 0 Å². The molecule has 1 aromatic rings. The molecule has 1 N–H and O–H groups in total. The number of sulfonamides is 1. The number of para-hydroxylation sites is 1. The number of nitrogens with zero attached hydrogens (tertiary/aromatic N) is 2. The molecule has 0 radical (unpaired) electrons. The van der Waals surface area contributed by atoms with Crippen LogP contribution in [-0.4, -0.2) is 40.7 Å². The third kappa shape index (κ3) is 2.89. The lowest BCUT2D eigenvalue weighted by Gasteiger charge is -2.29. The van der Waals surface area contributed by atoms with Crippen LogP contribution in [0, 0.1) is 0 Å². The molecule has 3 rings (SSSR count). The molecule has 0 aromatic heterocycles. The third-order valence-electron chi connectivity index (χ3n) is 3.80. The van der Waals surface area contributed by atoms with Crippen LogP contribution in [-0.2, 0) is 14.8 Å². The van der Waals surface area contributed by atoms with E-state index in [1.54, 1.807) is 23.1 Å². The van der Waals surface area contributed by atoms with Gasteiger partial charge in [0.2, 0.25) is 5.96 Å². The Bertz CT molecular complexity index is 651. The number of ether oxygens (including phenoxy) is 1. The third-order valence-corrected chi connectivity index (χ3v) is 5.17. The fraction of sp³-hybridized carbons (Fsp3) is 0.500. The van der Waals surface area contributed by atoms with Gasteiger partial charge < -0.3 is 9.64 Å². The summed E-state index contributed by atoms with van der Waals surface area (Å²) in [5.41, 5.74) is 0.645. The number of hydrogen-bond acceptors (Lipinski definition) is 4. The van der Waals surface area contributed by atoms with Gasteiger partial charge in [0.25, 0.3) is 10.0 Å². The van der Waals surface area contributed by atoms with Gasteiger partial charge in [-0.05, 0) is 31.4 Å². The van der Waals surface area contributed by atoms with Crippen LogP contribution >= 0.6 is 0 Å². The van der Waals surface area contributed by atoms with E-state index in [0.717, 1.165) is 25.9 Å². The molecule has 1 aromatic carbocycles. The highest BCUT2D eigenvalue weighted by Crippen LogP contribution is 2.27. The molecule has 0 amide bonds. The van der Waals surface area contributed by atoms with Gasteiger partial charge in [-0.25, -0.2) is 13.1 Å². The number of hydrogen-bond donors (Lipinski definition) is 1. The largest absolute Gasteiger partial charge is 0.378 e. The van der Waals surface area contributed by atoms with Gasteiger partial charge in [-0.2, -0.15) is 0 Å². The average molecular weight is 309 g/mol. The second kappa shape index (κ2) is 5.65. The highest BCUT2D eigenvalue weighted by Gasteiger charge is 2.29. The molecular formula is C14H19N3O3S. The highest BCUT2D eigenvalue weighted by atomic mass is 32.2. The van der Waals surface area contributed by atoms with Gasteiger partial charge in [0.05, 0.1) is 11.8 Å². The quantitative estimate of drug-likeness (QED) is 0.914. The second-order valence-electron chi connectivity index (χ2n) is 5.26. The Morgan fingerprint density at radius 2 is 2.24 bits per heavy atom. The summed E-state index contributed by atoms with van der Waals surface area (Å²) in [6.07, 6.45) is 3.24. The van der Waals surface area contributed by atoms with Crippen molar-refractivity contribution >= 4 is 21.7 Å². The summed E-state index contributed by atoms with van der Waals surface area (Å²) in [6, 6.07) is 6.91. The lowest BCUT2D eigenvalue weighted by atomic mass is 10.2. The first-order valence-electron chi connectivity index (χ1n) is 7.09. The van der Waals surface area contributed by atoms with Gasteiger partial charge in [-0.1, -0.05) is 12.1 Å². The van der Waals surface area contributed by atoms with Crippen molar-refractivity contribution in [1.29, 1.82) is 0 Å². The minimum Gasteiger partial charge on any atom is -0.378 e. The molecule has 1 unspecified atom stereocenters. The van der Waals surface area contributed by atoms with Gasteiger partial charge in [0, 0.05) is 20.2 Å². The van der Waals surface area contributed by atoms with Crippen molar-refractivity contribution in [3.05, 3.63) is 24.3 Å². The predicted molar refractivity (Wildman–Crippen MR) is 81.1 cm³/mol. The van der Waals surface area contributed by atoms with Crippen molar-refractivity contribution in [2.75, 3.05) is 25.1 Å². The van der Waals surface area contributed by atoms with E-state index in [9.17, 15) is 8.42 Å². The molecule has 2 aliphatic heterocycles. The van der Waals surface area contributed by atoms with Crippen LogP contribution in [0.3, 0.4) is 0 Å².